The lowest BCUT2D eigenvalue weighted by Gasteiger charge is -2.18. The van der Waals surface area contributed by atoms with Crippen molar-refractivity contribution < 1.29 is 0 Å². The zero-order valence-electron chi connectivity index (χ0n) is 6.35. The van der Waals surface area contributed by atoms with Crippen LogP contribution in [0.2, 0.25) is 0 Å². The molecule has 1 fully saturated rings. The lowest BCUT2D eigenvalue weighted by molar-refractivity contribution is 0.466. The van der Waals surface area contributed by atoms with Crippen molar-refractivity contribution >= 4 is 22.6 Å². The average Bonchev–Trinajstić information content (AvgIpc) is 1.84. The Bertz CT molecular complexity index is 75.3. The van der Waals surface area contributed by atoms with Crippen molar-refractivity contribution in [2.45, 2.75) is 48.5 Å². The Morgan fingerprint density at radius 1 is 1.00 bits per heavy atom. The molecule has 1 aliphatic rings. The summed E-state index contributed by atoms with van der Waals surface area (Å²) in [6.45, 7) is 0. The van der Waals surface area contributed by atoms with Crippen LogP contribution in [-0.2, 0) is 0 Å². The fourth-order valence-corrected chi connectivity index (χ4v) is 2.37. The van der Waals surface area contributed by atoms with E-state index in [4.69, 9.17) is 5.73 Å². The molecule has 1 nitrogen and oxygen atoms in total. The van der Waals surface area contributed by atoms with Gasteiger partial charge in [-0.3, -0.25) is 0 Å². The van der Waals surface area contributed by atoms with E-state index in [2.05, 4.69) is 22.6 Å². The summed E-state index contributed by atoms with van der Waals surface area (Å²) in [5.74, 6) is 0. The SMILES string of the molecule is NC1CCCC(I)CCC1. The highest BCUT2D eigenvalue weighted by Gasteiger charge is 2.11. The van der Waals surface area contributed by atoms with Gasteiger partial charge in [-0.1, -0.05) is 35.4 Å². The van der Waals surface area contributed by atoms with Crippen LogP contribution in [0.5, 0.6) is 0 Å². The van der Waals surface area contributed by atoms with E-state index in [0.717, 1.165) is 3.92 Å². The third kappa shape index (κ3) is 3.19. The topological polar surface area (TPSA) is 26.0 Å². The molecular formula is C8H16IN. The van der Waals surface area contributed by atoms with Crippen molar-refractivity contribution in [2.24, 2.45) is 5.73 Å². The molecule has 10 heavy (non-hydrogen) atoms. The molecule has 0 radical (unpaired) electrons. The van der Waals surface area contributed by atoms with E-state index in [1.807, 2.05) is 0 Å². The van der Waals surface area contributed by atoms with Crippen molar-refractivity contribution in [3.05, 3.63) is 0 Å². The molecule has 0 aliphatic heterocycles. The van der Waals surface area contributed by atoms with Gasteiger partial charge in [0.2, 0.25) is 0 Å². The lowest BCUT2D eigenvalue weighted by Crippen LogP contribution is -2.22. The minimum atomic E-state index is 0.504. The smallest absolute Gasteiger partial charge is 0.0110 e. The first-order valence-electron chi connectivity index (χ1n) is 4.18. The maximum absolute atomic E-state index is 5.85. The van der Waals surface area contributed by atoms with E-state index in [0.29, 0.717) is 6.04 Å². The third-order valence-electron chi connectivity index (χ3n) is 2.18. The molecule has 0 atom stereocenters. The molecule has 0 amide bonds. The number of nitrogens with two attached hydrogens (primary N) is 1. The van der Waals surface area contributed by atoms with Crippen LogP contribution in [0.3, 0.4) is 0 Å². The van der Waals surface area contributed by atoms with E-state index in [9.17, 15) is 0 Å². The monoisotopic (exact) mass is 253 g/mol. The maximum Gasteiger partial charge on any atom is 0.0110 e. The van der Waals surface area contributed by atoms with Crippen LogP contribution in [-0.4, -0.2) is 9.97 Å². The zero-order chi connectivity index (χ0) is 7.40. The molecule has 0 aromatic rings. The van der Waals surface area contributed by atoms with Gasteiger partial charge in [0.15, 0.2) is 0 Å². The second-order valence-electron chi connectivity index (χ2n) is 3.22. The van der Waals surface area contributed by atoms with Crippen molar-refractivity contribution in [1.29, 1.82) is 0 Å². The first kappa shape index (κ1) is 8.78. The van der Waals surface area contributed by atoms with Crippen molar-refractivity contribution in [3.8, 4) is 0 Å². The normalized spacial score (nSPS) is 36.6. The van der Waals surface area contributed by atoms with E-state index >= 15 is 0 Å². The summed E-state index contributed by atoms with van der Waals surface area (Å²) in [5, 5.41) is 0. The Hall–Kier alpha value is 0.690. The Kier molecular flexibility index (Phi) is 3.99. The molecule has 1 aliphatic carbocycles. The van der Waals surface area contributed by atoms with Gasteiger partial charge in [0.1, 0.15) is 0 Å². The number of hydrogen-bond acceptors (Lipinski definition) is 1. The molecule has 2 N–H and O–H groups in total. The van der Waals surface area contributed by atoms with Gasteiger partial charge in [-0.25, -0.2) is 0 Å². The molecule has 0 aromatic carbocycles. The molecule has 1 saturated carbocycles. The summed E-state index contributed by atoms with van der Waals surface area (Å²) >= 11 is 2.57. The standard InChI is InChI=1S/C8H16IN/c9-7-3-1-5-8(10)6-2-4-7/h7-8H,1-6,10H2. The molecule has 0 bridgehead atoms. The molecule has 60 valence electrons. The highest BCUT2D eigenvalue weighted by molar-refractivity contribution is 14.1. The molecule has 1 rings (SSSR count). The summed E-state index contributed by atoms with van der Waals surface area (Å²) in [6, 6.07) is 0.504. The van der Waals surface area contributed by atoms with Crippen molar-refractivity contribution in [2.75, 3.05) is 0 Å². The van der Waals surface area contributed by atoms with Gasteiger partial charge < -0.3 is 5.73 Å². The van der Waals surface area contributed by atoms with E-state index in [-0.39, 0.29) is 0 Å². The Balaban J connectivity index is 2.21. The average molecular weight is 253 g/mol. The lowest BCUT2D eigenvalue weighted by atomic mass is 9.97. The van der Waals surface area contributed by atoms with Crippen LogP contribution in [0.15, 0.2) is 0 Å². The Morgan fingerprint density at radius 3 is 2.00 bits per heavy atom. The summed E-state index contributed by atoms with van der Waals surface area (Å²) in [6.07, 6.45) is 7.95. The van der Waals surface area contributed by atoms with Gasteiger partial charge >= 0.3 is 0 Å². The molecule has 0 spiro atoms. The first-order chi connectivity index (χ1) is 4.79. The zero-order valence-corrected chi connectivity index (χ0v) is 8.51. The van der Waals surface area contributed by atoms with Crippen LogP contribution < -0.4 is 5.73 Å². The quantitative estimate of drug-likeness (QED) is 0.521. The predicted octanol–water partition coefficient (Wildman–Crippen LogP) is 2.47. The molecule has 0 unspecified atom stereocenters. The highest BCUT2D eigenvalue weighted by atomic mass is 127. The first-order valence-corrected chi connectivity index (χ1v) is 5.43. The predicted molar refractivity (Wildman–Crippen MR) is 53.5 cm³/mol. The number of hydrogen-bond donors (Lipinski definition) is 1. The van der Waals surface area contributed by atoms with Crippen molar-refractivity contribution in [3.63, 3.8) is 0 Å². The minimum absolute atomic E-state index is 0.504. The van der Waals surface area contributed by atoms with Gasteiger partial charge in [0, 0.05) is 9.97 Å². The number of rotatable bonds is 0. The fraction of sp³-hybridized carbons (Fsp3) is 1.00. The van der Waals surface area contributed by atoms with Crippen molar-refractivity contribution in [1.82, 2.24) is 0 Å². The second kappa shape index (κ2) is 4.54. The van der Waals surface area contributed by atoms with Gasteiger partial charge in [-0.2, -0.15) is 0 Å². The van der Waals surface area contributed by atoms with Crippen LogP contribution in [0, 0.1) is 0 Å². The van der Waals surface area contributed by atoms with Crippen LogP contribution in [0.4, 0.5) is 0 Å². The highest BCUT2D eigenvalue weighted by Crippen LogP contribution is 2.21. The summed E-state index contributed by atoms with van der Waals surface area (Å²) in [7, 11) is 0. The van der Waals surface area contributed by atoms with E-state index in [1.165, 1.54) is 38.5 Å². The van der Waals surface area contributed by atoms with Gasteiger partial charge in [0.05, 0.1) is 0 Å². The van der Waals surface area contributed by atoms with Gasteiger partial charge in [-0.05, 0) is 25.7 Å². The summed E-state index contributed by atoms with van der Waals surface area (Å²) in [4.78, 5) is 0. The molecule has 0 saturated heterocycles. The third-order valence-corrected chi connectivity index (χ3v) is 3.43. The largest absolute Gasteiger partial charge is 0.328 e. The minimum Gasteiger partial charge on any atom is -0.328 e. The molecule has 0 heterocycles. The van der Waals surface area contributed by atoms with Crippen LogP contribution in [0.25, 0.3) is 0 Å². The van der Waals surface area contributed by atoms with E-state index < -0.39 is 0 Å². The molecule has 0 aromatic heterocycles. The van der Waals surface area contributed by atoms with Crippen LogP contribution >= 0.6 is 22.6 Å². The number of alkyl halides is 1. The molecule has 2 heteroatoms. The fourth-order valence-electron chi connectivity index (χ4n) is 1.49. The second-order valence-corrected chi connectivity index (χ2v) is 4.98. The maximum atomic E-state index is 5.85. The van der Waals surface area contributed by atoms with E-state index in [1.54, 1.807) is 0 Å². The van der Waals surface area contributed by atoms with Gasteiger partial charge in [0.25, 0.3) is 0 Å². The number of halogens is 1. The summed E-state index contributed by atoms with van der Waals surface area (Å²) < 4.78 is 0.921. The van der Waals surface area contributed by atoms with Gasteiger partial charge in [-0.15, -0.1) is 0 Å². The molecular weight excluding hydrogens is 237 g/mol. The Morgan fingerprint density at radius 2 is 1.50 bits per heavy atom. The summed E-state index contributed by atoms with van der Waals surface area (Å²) in [5.41, 5.74) is 5.85. The van der Waals surface area contributed by atoms with Crippen LogP contribution in [0.1, 0.15) is 38.5 Å². The Labute approximate surface area is 76.9 Å².